The number of amides is 1. The van der Waals surface area contributed by atoms with Crippen molar-refractivity contribution >= 4 is 22.4 Å². The lowest BCUT2D eigenvalue weighted by Crippen LogP contribution is -2.45. The standard InChI is InChI=1S/C12H21N3OS/c1-6-8-7(2)17-11(14-8)15-10(16)9(13)12(3,4)5/h9H,6,13H2,1-5H3,(H,14,15,16)/t9-/m0/s1. The van der Waals surface area contributed by atoms with Gasteiger partial charge >= 0.3 is 0 Å². The molecule has 1 rings (SSSR count). The number of aromatic nitrogens is 1. The molecular formula is C12H21N3OS. The highest BCUT2D eigenvalue weighted by Crippen LogP contribution is 2.24. The maximum absolute atomic E-state index is 11.9. The molecule has 96 valence electrons. The minimum Gasteiger partial charge on any atom is -0.319 e. The smallest absolute Gasteiger partial charge is 0.243 e. The minimum atomic E-state index is -0.531. The van der Waals surface area contributed by atoms with E-state index in [1.807, 2.05) is 27.7 Å². The first-order chi connectivity index (χ1) is 7.75. The Morgan fingerprint density at radius 2 is 2.12 bits per heavy atom. The van der Waals surface area contributed by atoms with E-state index in [4.69, 9.17) is 5.73 Å². The van der Waals surface area contributed by atoms with Crippen LogP contribution in [0.5, 0.6) is 0 Å². The third-order valence-electron chi connectivity index (χ3n) is 2.67. The predicted molar refractivity (Wildman–Crippen MR) is 72.3 cm³/mol. The second-order valence-electron chi connectivity index (χ2n) is 5.21. The van der Waals surface area contributed by atoms with Gasteiger partial charge in [0.1, 0.15) is 0 Å². The molecular weight excluding hydrogens is 234 g/mol. The van der Waals surface area contributed by atoms with Crippen molar-refractivity contribution in [1.82, 2.24) is 4.98 Å². The van der Waals surface area contributed by atoms with Gasteiger partial charge in [-0.05, 0) is 18.8 Å². The molecule has 1 aromatic rings. The molecule has 0 bridgehead atoms. The van der Waals surface area contributed by atoms with Gasteiger partial charge in [0, 0.05) is 4.88 Å². The zero-order chi connectivity index (χ0) is 13.2. The van der Waals surface area contributed by atoms with Crippen LogP contribution >= 0.6 is 11.3 Å². The molecule has 0 fully saturated rings. The van der Waals surface area contributed by atoms with Gasteiger partial charge in [0.2, 0.25) is 5.91 Å². The van der Waals surface area contributed by atoms with Crippen LogP contribution in [0, 0.1) is 12.3 Å². The topological polar surface area (TPSA) is 68.0 Å². The Kier molecular flexibility index (Phi) is 4.27. The number of hydrogen-bond acceptors (Lipinski definition) is 4. The molecule has 0 saturated carbocycles. The Balaban J connectivity index is 2.74. The zero-order valence-corrected chi connectivity index (χ0v) is 11.9. The molecule has 0 spiro atoms. The number of nitrogens with zero attached hydrogens (tertiary/aromatic N) is 1. The highest BCUT2D eigenvalue weighted by atomic mass is 32.1. The van der Waals surface area contributed by atoms with Crippen LogP contribution in [-0.2, 0) is 11.2 Å². The molecule has 0 radical (unpaired) electrons. The van der Waals surface area contributed by atoms with E-state index in [0.29, 0.717) is 5.13 Å². The average molecular weight is 255 g/mol. The fourth-order valence-electron chi connectivity index (χ4n) is 1.39. The fourth-order valence-corrected chi connectivity index (χ4v) is 2.29. The summed E-state index contributed by atoms with van der Waals surface area (Å²) in [4.78, 5) is 17.4. The van der Waals surface area contributed by atoms with Gasteiger partial charge in [0.25, 0.3) is 0 Å². The lowest BCUT2D eigenvalue weighted by molar-refractivity contribution is -0.119. The summed E-state index contributed by atoms with van der Waals surface area (Å²) >= 11 is 1.50. The Bertz CT molecular complexity index is 406. The van der Waals surface area contributed by atoms with Gasteiger partial charge in [-0.25, -0.2) is 4.98 Å². The van der Waals surface area contributed by atoms with Crippen LogP contribution < -0.4 is 11.1 Å². The Morgan fingerprint density at radius 3 is 2.53 bits per heavy atom. The number of nitrogens with one attached hydrogen (secondary N) is 1. The van der Waals surface area contributed by atoms with Crippen molar-refractivity contribution in [2.75, 3.05) is 5.32 Å². The summed E-state index contributed by atoms with van der Waals surface area (Å²) in [5.41, 5.74) is 6.67. The van der Waals surface area contributed by atoms with Crippen LogP contribution in [0.3, 0.4) is 0 Å². The Hall–Kier alpha value is -0.940. The van der Waals surface area contributed by atoms with Crippen molar-refractivity contribution in [3.05, 3.63) is 10.6 Å². The molecule has 17 heavy (non-hydrogen) atoms. The highest BCUT2D eigenvalue weighted by Gasteiger charge is 2.28. The lowest BCUT2D eigenvalue weighted by atomic mass is 9.87. The summed E-state index contributed by atoms with van der Waals surface area (Å²) in [6, 6.07) is -0.531. The van der Waals surface area contributed by atoms with Crippen molar-refractivity contribution in [1.29, 1.82) is 0 Å². The van der Waals surface area contributed by atoms with Gasteiger partial charge in [-0.1, -0.05) is 27.7 Å². The summed E-state index contributed by atoms with van der Waals surface area (Å²) in [6.45, 7) is 9.90. The number of carbonyl (C=O) groups is 1. The van der Waals surface area contributed by atoms with Gasteiger partial charge < -0.3 is 11.1 Å². The lowest BCUT2D eigenvalue weighted by Gasteiger charge is -2.25. The SMILES string of the molecule is CCc1nc(NC(=O)[C@H](N)C(C)(C)C)sc1C. The number of nitrogens with two attached hydrogens (primary N) is 1. The first-order valence-corrected chi connectivity index (χ1v) is 6.60. The largest absolute Gasteiger partial charge is 0.319 e. The normalized spacial score (nSPS) is 13.5. The van der Waals surface area contributed by atoms with Crippen LogP contribution in [0.25, 0.3) is 0 Å². The summed E-state index contributed by atoms with van der Waals surface area (Å²) in [5.74, 6) is -0.172. The van der Waals surface area contributed by atoms with Crippen LogP contribution in [0.2, 0.25) is 0 Å². The molecule has 0 aliphatic carbocycles. The van der Waals surface area contributed by atoms with Crippen LogP contribution in [0.1, 0.15) is 38.3 Å². The highest BCUT2D eigenvalue weighted by molar-refractivity contribution is 7.15. The predicted octanol–water partition coefficient (Wildman–Crippen LogP) is 2.33. The maximum atomic E-state index is 11.9. The maximum Gasteiger partial charge on any atom is 0.243 e. The van der Waals surface area contributed by atoms with E-state index in [0.717, 1.165) is 17.0 Å². The summed E-state index contributed by atoms with van der Waals surface area (Å²) < 4.78 is 0. The van der Waals surface area contributed by atoms with Crippen LogP contribution in [-0.4, -0.2) is 16.9 Å². The van der Waals surface area contributed by atoms with E-state index in [1.165, 1.54) is 11.3 Å². The van der Waals surface area contributed by atoms with Gasteiger partial charge in [0.05, 0.1) is 11.7 Å². The third-order valence-corrected chi connectivity index (χ3v) is 3.60. The number of hydrogen-bond donors (Lipinski definition) is 2. The van der Waals surface area contributed by atoms with E-state index in [2.05, 4.69) is 17.2 Å². The Morgan fingerprint density at radius 1 is 1.53 bits per heavy atom. The van der Waals surface area contributed by atoms with Crippen LogP contribution in [0.4, 0.5) is 5.13 Å². The zero-order valence-electron chi connectivity index (χ0n) is 11.1. The average Bonchev–Trinajstić information content (AvgIpc) is 2.56. The van der Waals surface area contributed by atoms with E-state index in [-0.39, 0.29) is 11.3 Å². The first kappa shape index (κ1) is 14.1. The van der Waals surface area contributed by atoms with Crippen molar-refractivity contribution in [2.24, 2.45) is 11.1 Å². The molecule has 0 aliphatic rings. The molecule has 1 aromatic heterocycles. The molecule has 0 unspecified atom stereocenters. The van der Waals surface area contributed by atoms with E-state index < -0.39 is 6.04 Å². The van der Waals surface area contributed by atoms with E-state index >= 15 is 0 Å². The van der Waals surface area contributed by atoms with Gasteiger partial charge in [-0.2, -0.15) is 0 Å². The molecule has 1 atom stereocenters. The molecule has 4 nitrogen and oxygen atoms in total. The van der Waals surface area contributed by atoms with Gasteiger partial charge in [-0.15, -0.1) is 11.3 Å². The van der Waals surface area contributed by atoms with E-state index in [1.54, 1.807) is 0 Å². The van der Waals surface area contributed by atoms with Crippen molar-refractivity contribution in [2.45, 2.75) is 47.1 Å². The number of rotatable bonds is 3. The molecule has 1 amide bonds. The van der Waals surface area contributed by atoms with Crippen molar-refractivity contribution in [3.8, 4) is 0 Å². The molecule has 5 heteroatoms. The van der Waals surface area contributed by atoms with Crippen molar-refractivity contribution in [3.63, 3.8) is 0 Å². The number of anilines is 1. The summed E-state index contributed by atoms with van der Waals surface area (Å²) in [5, 5.41) is 3.43. The monoisotopic (exact) mass is 255 g/mol. The Labute approximate surface area is 107 Å². The summed E-state index contributed by atoms with van der Waals surface area (Å²) in [7, 11) is 0. The molecule has 3 N–H and O–H groups in total. The second kappa shape index (κ2) is 5.14. The number of carbonyl (C=O) groups excluding carboxylic acids is 1. The van der Waals surface area contributed by atoms with E-state index in [9.17, 15) is 4.79 Å². The fraction of sp³-hybridized carbons (Fsp3) is 0.667. The first-order valence-electron chi connectivity index (χ1n) is 5.78. The number of aryl methyl sites for hydroxylation is 2. The second-order valence-corrected chi connectivity index (χ2v) is 6.41. The quantitative estimate of drug-likeness (QED) is 0.871. The molecule has 0 aliphatic heterocycles. The molecule has 0 aromatic carbocycles. The van der Waals surface area contributed by atoms with Gasteiger partial charge in [-0.3, -0.25) is 4.79 Å². The third kappa shape index (κ3) is 3.51. The van der Waals surface area contributed by atoms with Crippen LogP contribution in [0.15, 0.2) is 0 Å². The molecule has 1 heterocycles. The molecule has 0 saturated heterocycles. The summed E-state index contributed by atoms with van der Waals surface area (Å²) in [6.07, 6.45) is 0.879. The van der Waals surface area contributed by atoms with Gasteiger partial charge in [0.15, 0.2) is 5.13 Å². The number of thiazole rings is 1. The van der Waals surface area contributed by atoms with Crippen molar-refractivity contribution < 1.29 is 4.79 Å². The minimum absolute atomic E-state index is 0.172.